The second-order valence-corrected chi connectivity index (χ2v) is 4.62. The first-order valence-electron chi connectivity index (χ1n) is 5.69. The van der Waals surface area contributed by atoms with Gasteiger partial charge in [0.1, 0.15) is 0 Å². The van der Waals surface area contributed by atoms with Crippen LogP contribution >= 0.6 is 0 Å². The van der Waals surface area contributed by atoms with Gasteiger partial charge in [0, 0.05) is 12.1 Å². The SMILES string of the molecule is CC1CCC(CO)(NCCCO)CC1. The van der Waals surface area contributed by atoms with Crippen LogP contribution in [0.1, 0.15) is 39.0 Å². The maximum atomic E-state index is 9.40. The molecule has 0 unspecified atom stereocenters. The summed E-state index contributed by atoms with van der Waals surface area (Å²) in [5, 5.41) is 21.5. The van der Waals surface area contributed by atoms with E-state index in [-0.39, 0.29) is 18.8 Å². The largest absolute Gasteiger partial charge is 0.396 e. The van der Waals surface area contributed by atoms with Gasteiger partial charge in [-0.15, -0.1) is 0 Å². The van der Waals surface area contributed by atoms with Crippen LogP contribution in [0.5, 0.6) is 0 Å². The first-order valence-corrected chi connectivity index (χ1v) is 5.69. The zero-order valence-corrected chi connectivity index (χ0v) is 9.13. The van der Waals surface area contributed by atoms with Crippen molar-refractivity contribution in [3.63, 3.8) is 0 Å². The summed E-state index contributed by atoms with van der Waals surface area (Å²) in [6.45, 7) is 3.54. The van der Waals surface area contributed by atoms with Crippen molar-refractivity contribution in [3.05, 3.63) is 0 Å². The second kappa shape index (κ2) is 5.69. The van der Waals surface area contributed by atoms with E-state index in [1.165, 1.54) is 12.8 Å². The fourth-order valence-corrected chi connectivity index (χ4v) is 2.14. The molecule has 0 radical (unpaired) electrons. The molecule has 0 aliphatic heterocycles. The third kappa shape index (κ3) is 3.23. The van der Waals surface area contributed by atoms with Crippen LogP contribution in [0.15, 0.2) is 0 Å². The molecular weight excluding hydrogens is 178 g/mol. The molecule has 1 saturated carbocycles. The number of rotatable bonds is 5. The molecule has 0 aromatic heterocycles. The van der Waals surface area contributed by atoms with Crippen LogP contribution in [0.3, 0.4) is 0 Å². The van der Waals surface area contributed by atoms with E-state index in [1.54, 1.807) is 0 Å². The first kappa shape index (κ1) is 12.0. The minimum absolute atomic E-state index is 0.0539. The van der Waals surface area contributed by atoms with Gasteiger partial charge in [0.05, 0.1) is 6.61 Å². The highest BCUT2D eigenvalue weighted by Gasteiger charge is 2.32. The molecule has 1 aliphatic carbocycles. The predicted molar refractivity (Wildman–Crippen MR) is 57.2 cm³/mol. The molecule has 3 N–H and O–H groups in total. The van der Waals surface area contributed by atoms with Crippen molar-refractivity contribution in [1.82, 2.24) is 5.32 Å². The Labute approximate surface area is 86.5 Å². The molecular formula is C11H23NO2. The quantitative estimate of drug-likeness (QED) is 0.579. The minimum Gasteiger partial charge on any atom is -0.396 e. The van der Waals surface area contributed by atoms with E-state index in [2.05, 4.69) is 12.2 Å². The molecule has 0 saturated heterocycles. The molecule has 14 heavy (non-hydrogen) atoms. The van der Waals surface area contributed by atoms with Crippen molar-refractivity contribution in [2.75, 3.05) is 19.8 Å². The Kier molecular flexibility index (Phi) is 4.85. The van der Waals surface area contributed by atoms with Crippen molar-refractivity contribution in [3.8, 4) is 0 Å². The summed E-state index contributed by atoms with van der Waals surface area (Å²) >= 11 is 0. The maximum absolute atomic E-state index is 9.40. The molecule has 3 nitrogen and oxygen atoms in total. The van der Waals surface area contributed by atoms with Crippen LogP contribution in [-0.4, -0.2) is 35.5 Å². The monoisotopic (exact) mass is 201 g/mol. The predicted octanol–water partition coefficient (Wildman–Crippen LogP) is 0.900. The van der Waals surface area contributed by atoms with Gasteiger partial charge in [0.2, 0.25) is 0 Å². The van der Waals surface area contributed by atoms with Crippen LogP contribution in [0.25, 0.3) is 0 Å². The molecule has 1 rings (SSSR count). The van der Waals surface area contributed by atoms with Gasteiger partial charge >= 0.3 is 0 Å². The van der Waals surface area contributed by atoms with Gasteiger partial charge in [0.25, 0.3) is 0 Å². The Morgan fingerprint density at radius 2 is 1.93 bits per heavy atom. The molecule has 0 amide bonds. The fraction of sp³-hybridized carbons (Fsp3) is 1.00. The fourth-order valence-electron chi connectivity index (χ4n) is 2.14. The topological polar surface area (TPSA) is 52.5 Å². The summed E-state index contributed by atoms with van der Waals surface area (Å²) in [6.07, 6.45) is 5.31. The number of hydrogen-bond acceptors (Lipinski definition) is 3. The van der Waals surface area contributed by atoms with E-state index in [1.807, 2.05) is 0 Å². The molecule has 0 heterocycles. The zero-order valence-electron chi connectivity index (χ0n) is 9.13. The van der Waals surface area contributed by atoms with Crippen LogP contribution < -0.4 is 5.32 Å². The van der Waals surface area contributed by atoms with Crippen molar-refractivity contribution in [2.45, 2.75) is 44.6 Å². The van der Waals surface area contributed by atoms with Crippen LogP contribution in [0.4, 0.5) is 0 Å². The summed E-state index contributed by atoms with van der Waals surface area (Å²) in [7, 11) is 0. The van der Waals surface area contributed by atoms with Crippen molar-refractivity contribution in [1.29, 1.82) is 0 Å². The number of aliphatic hydroxyl groups is 2. The normalized spacial score (nSPS) is 33.2. The lowest BCUT2D eigenvalue weighted by Gasteiger charge is -2.39. The highest BCUT2D eigenvalue weighted by atomic mass is 16.3. The van der Waals surface area contributed by atoms with Gasteiger partial charge in [-0.1, -0.05) is 6.92 Å². The van der Waals surface area contributed by atoms with Crippen LogP contribution in [0.2, 0.25) is 0 Å². The molecule has 0 atom stereocenters. The van der Waals surface area contributed by atoms with Crippen molar-refractivity contribution in [2.24, 2.45) is 5.92 Å². The summed E-state index contributed by atoms with van der Waals surface area (Å²) < 4.78 is 0. The van der Waals surface area contributed by atoms with E-state index in [9.17, 15) is 5.11 Å². The number of hydrogen-bond donors (Lipinski definition) is 3. The summed E-state index contributed by atoms with van der Waals surface area (Å²) in [4.78, 5) is 0. The molecule has 84 valence electrons. The molecule has 1 aliphatic rings. The lowest BCUT2D eigenvalue weighted by molar-refractivity contribution is 0.104. The van der Waals surface area contributed by atoms with Crippen molar-refractivity contribution >= 4 is 0 Å². The second-order valence-electron chi connectivity index (χ2n) is 4.62. The summed E-state index contributed by atoms with van der Waals surface area (Å²) in [6, 6.07) is 0. The molecule has 0 aromatic carbocycles. The highest BCUT2D eigenvalue weighted by Crippen LogP contribution is 2.31. The molecule has 3 heteroatoms. The average Bonchev–Trinajstić information content (AvgIpc) is 2.22. The van der Waals surface area contributed by atoms with Crippen LogP contribution in [0, 0.1) is 5.92 Å². The van der Waals surface area contributed by atoms with E-state index in [0.717, 1.165) is 31.7 Å². The van der Waals surface area contributed by atoms with E-state index in [4.69, 9.17) is 5.11 Å². The van der Waals surface area contributed by atoms with E-state index in [0.29, 0.717) is 0 Å². The maximum Gasteiger partial charge on any atom is 0.0613 e. The van der Waals surface area contributed by atoms with Crippen molar-refractivity contribution < 1.29 is 10.2 Å². The Morgan fingerprint density at radius 3 is 2.43 bits per heavy atom. The molecule has 1 fully saturated rings. The Bertz CT molecular complexity index is 153. The van der Waals surface area contributed by atoms with Crippen LogP contribution in [-0.2, 0) is 0 Å². The third-order valence-electron chi connectivity index (χ3n) is 3.37. The van der Waals surface area contributed by atoms with Gasteiger partial charge in [-0.05, 0) is 44.6 Å². The van der Waals surface area contributed by atoms with E-state index < -0.39 is 0 Å². The molecule has 0 bridgehead atoms. The van der Waals surface area contributed by atoms with Gasteiger partial charge in [-0.3, -0.25) is 0 Å². The first-order chi connectivity index (χ1) is 6.72. The summed E-state index contributed by atoms with van der Waals surface area (Å²) in [5.74, 6) is 0.800. The molecule has 0 aromatic rings. The average molecular weight is 201 g/mol. The Morgan fingerprint density at radius 1 is 1.29 bits per heavy atom. The van der Waals surface area contributed by atoms with Gasteiger partial charge in [-0.2, -0.15) is 0 Å². The molecule has 0 spiro atoms. The highest BCUT2D eigenvalue weighted by molar-refractivity contribution is 4.91. The smallest absolute Gasteiger partial charge is 0.0613 e. The standard InChI is InChI=1S/C11H23NO2/c1-10-3-5-11(9-14,6-4-10)12-7-2-8-13/h10,12-14H,2-9H2,1H3. The zero-order chi connectivity index (χ0) is 10.4. The van der Waals surface area contributed by atoms with E-state index >= 15 is 0 Å². The Hall–Kier alpha value is -0.120. The lowest BCUT2D eigenvalue weighted by Crippen LogP contribution is -2.51. The van der Waals surface area contributed by atoms with Gasteiger partial charge < -0.3 is 15.5 Å². The Balaban J connectivity index is 2.34. The minimum atomic E-state index is -0.0539. The number of nitrogens with one attached hydrogen (secondary N) is 1. The number of aliphatic hydroxyl groups excluding tert-OH is 2. The van der Waals surface area contributed by atoms with Gasteiger partial charge in [-0.25, -0.2) is 0 Å². The lowest BCUT2D eigenvalue weighted by atomic mass is 9.77. The summed E-state index contributed by atoms with van der Waals surface area (Å²) in [5.41, 5.74) is -0.0539. The van der Waals surface area contributed by atoms with Gasteiger partial charge in [0.15, 0.2) is 0 Å². The third-order valence-corrected chi connectivity index (χ3v) is 3.37.